The maximum atomic E-state index is 12.8. The van der Waals surface area contributed by atoms with Gasteiger partial charge in [0.15, 0.2) is 5.69 Å². The second kappa shape index (κ2) is 5.72. The third-order valence-electron chi connectivity index (χ3n) is 4.49. The highest BCUT2D eigenvalue weighted by Crippen LogP contribution is 2.40. The predicted molar refractivity (Wildman–Crippen MR) is 84.4 cm³/mol. The van der Waals surface area contributed by atoms with Crippen molar-refractivity contribution < 1.29 is 14.1 Å². The van der Waals surface area contributed by atoms with Gasteiger partial charge in [-0.2, -0.15) is 0 Å². The van der Waals surface area contributed by atoms with Crippen molar-refractivity contribution in [3.8, 4) is 5.75 Å². The molecule has 5 nitrogen and oxygen atoms in total. The molecule has 2 aliphatic rings. The van der Waals surface area contributed by atoms with Gasteiger partial charge < -0.3 is 14.2 Å². The van der Waals surface area contributed by atoms with E-state index in [9.17, 15) is 4.79 Å². The van der Waals surface area contributed by atoms with E-state index in [0.717, 1.165) is 42.8 Å². The zero-order valence-corrected chi connectivity index (χ0v) is 13.2. The van der Waals surface area contributed by atoms with Gasteiger partial charge in [0.2, 0.25) is 0 Å². The minimum atomic E-state index is -0.0287. The zero-order valence-electron chi connectivity index (χ0n) is 13.2. The number of ether oxygens (including phenoxy) is 1. The van der Waals surface area contributed by atoms with Gasteiger partial charge in [0.25, 0.3) is 5.91 Å². The second-order valence-electron chi connectivity index (χ2n) is 6.40. The summed E-state index contributed by atoms with van der Waals surface area (Å²) in [7, 11) is 1.65. The van der Waals surface area contributed by atoms with Crippen LogP contribution in [0, 0.1) is 0 Å². The van der Waals surface area contributed by atoms with Crippen LogP contribution >= 0.6 is 0 Å². The zero-order chi connectivity index (χ0) is 15.8. The number of rotatable bonds is 6. The molecule has 23 heavy (non-hydrogen) atoms. The summed E-state index contributed by atoms with van der Waals surface area (Å²) in [5, 5.41) is 3.99. The van der Waals surface area contributed by atoms with Gasteiger partial charge in [0, 0.05) is 24.6 Å². The lowest BCUT2D eigenvalue weighted by Gasteiger charge is -2.21. The molecule has 1 aromatic heterocycles. The molecule has 0 unspecified atom stereocenters. The van der Waals surface area contributed by atoms with E-state index < -0.39 is 0 Å². The van der Waals surface area contributed by atoms with Crippen LogP contribution in [0.25, 0.3) is 0 Å². The van der Waals surface area contributed by atoms with Crippen molar-refractivity contribution in [1.82, 2.24) is 10.1 Å². The molecule has 0 radical (unpaired) electrons. The van der Waals surface area contributed by atoms with Gasteiger partial charge >= 0.3 is 0 Å². The lowest BCUT2D eigenvalue weighted by atomic mass is 10.2. The molecular formula is C18H20N2O3. The third-order valence-corrected chi connectivity index (χ3v) is 4.49. The van der Waals surface area contributed by atoms with Crippen LogP contribution in [0.5, 0.6) is 5.75 Å². The van der Waals surface area contributed by atoms with Crippen molar-refractivity contribution >= 4 is 5.91 Å². The molecule has 0 saturated heterocycles. The molecule has 2 fully saturated rings. The number of carbonyl (C=O) groups is 1. The van der Waals surface area contributed by atoms with Gasteiger partial charge in [-0.05, 0) is 43.4 Å². The molecule has 1 aromatic carbocycles. The first-order chi connectivity index (χ1) is 11.2. The Balaban J connectivity index is 1.50. The molecule has 2 saturated carbocycles. The van der Waals surface area contributed by atoms with E-state index in [1.807, 2.05) is 35.2 Å². The third kappa shape index (κ3) is 3.09. The molecule has 120 valence electrons. The molecule has 0 spiro atoms. The van der Waals surface area contributed by atoms with Crippen LogP contribution in [0.15, 0.2) is 34.9 Å². The SMILES string of the molecule is COc1ccc(CN(C(=O)c2cc(C3CC3)on2)C2CC2)cc1. The summed E-state index contributed by atoms with van der Waals surface area (Å²) in [5.74, 6) is 2.12. The van der Waals surface area contributed by atoms with E-state index in [-0.39, 0.29) is 5.91 Å². The second-order valence-corrected chi connectivity index (χ2v) is 6.40. The van der Waals surface area contributed by atoms with Gasteiger partial charge in [-0.3, -0.25) is 4.79 Å². The van der Waals surface area contributed by atoms with Crippen LogP contribution in [-0.2, 0) is 6.54 Å². The van der Waals surface area contributed by atoms with Crippen molar-refractivity contribution in [1.29, 1.82) is 0 Å². The minimum Gasteiger partial charge on any atom is -0.497 e. The highest BCUT2D eigenvalue weighted by Gasteiger charge is 2.35. The molecular weight excluding hydrogens is 292 g/mol. The Morgan fingerprint density at radius 3 is 2.61 bits per heavy atom. The molecule has 1 amide bonds. The van der Waals surface area contributed by atoms with Crippen LogP contribution in [0.3, 0.4) is 0 Å². The summed E-state index contributed by atoms with van der Waals surface area (Å²) in [6.45, 7) is 0.596. The topological polar surface area (TPSA) is 55.6 Å². The maximum Gasteiger partial charge on any atom is 0.276 e. The van der Waals surface area contributed by atoms with E-state index in [4.69, 9.17) is 9.26 Å². The smallest absolute Gasteiger partial charge is 0.276 e. The van der Waals surface area contributed by atoms with Crippen molar-refractivity contribution in [3.05, 3.63) is 47.3 Å². The van der Waals surface area contributed by atoms with E-state index in [1.165, 1.54) is 0 Å². The average molecular weight is 312 g/mol. The van der Waals surface area contributed by atoms with Gasteiger partial charge in [0.1, 0.15) is 11.5 Å². The van der Waals surface area contributed by atoms with E-state index in [0.29, 0.717) is 24.2 Å². The number of nitrogens with zero attached hydrogens (tertiary/aromatic N) is 2. The monoisotopic (exact) mass is 312 g/mol. The fourth-order valence-corrected chi connectivity index (χ4v) is 2.78. The molecule has 4 rings (SSSR count). The molecule has 5 heteroatoms. The number of hydrogen-bond donors (Lipinski definition) is 0. The quantitative estimate of drug-likeness (QED) is 0.820. The summed E-state index contributed by atoms with van der Waals surface area (Å²) in [6, 6.07) is 9.99. The lowest BCUT2D eigenvalue weighted by molar-refractivity contribution is 0.0719. The molecule has 0 bridgehead atoms. The number of aromatic nitrogens is 1. The molecule has 2 aromatic rings. The van der Waals surface area contributed by atoms with Gasteiger partial charge in [-0.25, -0.2) is 0 Å². The first kappa shape index (κ1) is 14.3. The fourth-order valence-electron chi connectivity index (χ4n) is 2.78. The summed E-state index contributed by atoms with van der Waals surface area (Å²) in [6.07, 6.45) is 4.41. The number of benzene rings is 1. The van der Waals surface area contributed by atoms with Crippen LogP contribution in [0.2, 0.25) is 0 Å². The van der Waals surface area contributed by atoms with E-state index in [1.54, 1.807) is 7.11 Å². The Hall–Kier alpha value is -2.30. The maximum absolute atomic E-state index is 12.8. The molecule has 0 atom stereocenters. The van der Waals surface area contributed by atoms with E-state index in [2.05, 4.69) is 5.16 Å². The van der Waals surface area contributed by atoms with Gasteiger partial charge in [0.05, 0.1) is 7.11 Å². The Bertz CT molecular complexity index is 699. The Kier molecular flexibility index (Phi) is 3.56. The molecule has 0 N–H and O–H groups in total. The molecule has 0 aliphatic heterocycles. The fraction of sp³-hybridized carbons (Fsp3) is 0.444. The Morgan fingerprint density at radius 2 is 2.00 bits per heavy atom. The summed E-state index contributed by atoms with van der Waals surface area (Å²) >= 11 is 0. The normalized spacial score (nSPS) is 17.1. The number of carbonyl (C=O) groups excluding carboxylic acids is 1. The Labute approximate surface area is 135 Å². The molecule has 1 heterocycles. The average Bonchev–Trinajstić information content (AvgIpc) is 3.52. The van der Waals surface area contributed by atoms with Crippen LogP contribution in [0.4, 0.5) is 0 Å². The largest absolute Gasteiger partial charge is 0.497 e. The minimum absolute atomic E-state index is 0.0287. The van der Waals surface area contributed by atoms with Crippen molar-refractivity contribution in [2.24, 2.45) is 0 Å². The van der Waals surface area contributed by atoms with Crippen LogP contribution in [0.1, 0.15) is 53.4 Å². The van der Waals surface area contributed by atoms with Crippen molar-refractivity contribution in [2.45, 2.75) is 44.2 Å². The number of methoxy groups -OCH3 is 1. The van der Waals surface area contributed by atoms with Crippen molar-refractivity contribution in [2.75, 3.05) is 7.11 Å². The predicted octanol–water partition coefficient (Wildman–Crippen LogP) is 3.37. The van der Waals surface area contributed by atoms with Gasteiger partial charge in [-0.1, -0.05) is 17.3 Å². The lowest BCUT2D eigenvalue weighted by Crippen LogP contribution is -2.32. The Morgan fingerprint density at radius 1 is 1.26 bits per heavy atom. The molecule has 2 aliphatic carbocycles. The summed E-state index contributed by atoms with van der Waals surface area (Å²) in [4.78, 5) is 14.7. The highest BCUT2D eigenvalue weighted by molar-refractivity contribution is 5.92. The summed E-state index contributed by atoms with van der Waals surface area (Å²) < 4.78 is 10.5. The van der Waals surface area contributed by atoms with Crippen LogP contribution in [-0.4, -0.2) is 29.1 Å². The first-order valence-corrected chi connectivity index (χ1v) is 8.15. The standard InChI is InChI=1S/C18H20N2O3/c1-22-15-8-2-12(3-9-15)11-20(14-6-7-14)18(21)16-10-17(23-19-16)13-4-5-13/h2-3,8-10,13-14H,4-7,11H2,1H3. The van der Waals surface area contributed by atoms with Gasteiger partial charge in [-0.15, -0.1) is 0 Å². The number of hydrogen-bond acceptors (Lipinski definition) is 4. The van der Waals surface area contributed by atoms with E-state index >= 15 is 0 Å². The number of amides is 1. The van der Waals surface area contributed by atoms with Crippen molar-refractivity contribution in [3.63, 3.8) is 0 Å². The highest BCUT2D eigenvalue weighted by atomic mass is 16.5. The summed E-state index contributed by atoms with van der Waals surface area (Å²) in [5.41, 5.74) is 1.53. The first-order valence-electron chi connectivity index (χ1n) is 8.15. The van der Waals surface area contributed by atoms with Crippen LogP contribution < -0.4 is 4.74 Å².